The van der Waals surface area contributed by atoms with E-state index in [1.807, 2.05) is 4.90 Å². The molecule has 16 heavy (non-hydrogen) atoms. The predicted molar refractivity (Wildman–Crippen MR) is 60.8 cm³/mol. The van der Waals surface area contributed by atoms with Crippen molar-refractivity contribution in [2.24, 2.45) is 5.92 Å². The maximum atomic E-state index is 12.3. The van der Waals surface area contributed by atoms with E-state index >= 15 is 0 Å². The summed E-state index contributed by atoms with van der Waals surface area (Å²) in [5.41, 5.74) is 6.28. The molecule has 1 saturated carbocycles. The molecule has 2 heterocycles. The van der Waals surface area contributed by atoms with E-state index in [9.17, 15) is 4.79 Å². The van der Waals surface area contributed by atoms with Crippen LogP contribution in [0.2, 0.25) is 0 Å². The SMILES string of the molecule is Nc1ncccc1C(=O)N1CC2CCC1C2. The van der Waals surface area contributed by atoms with Gasteiger partial charge in [-0.25, -0.2) is 4.98 Å². The van der Waals surface area contributed by atoms with E-state index in [1.165, 1.54) is 12.8 Å². The number of pyridine rings is 1. The van der Waals surface area contributed by atoms with E-state index in [0.29, 0.717) is 23.3 Å². The van der Waals surface area contributed by atoms with Gasteiger partial charge in [0.2, 0.25) is 0 Å². The van der Waals surface area contributed by atoms with E-state index in [4.69, 9.17) is 5.73 Å². The Labute approximate surface area is 94.5 Å². The van der Waals surface area contributed by atoms with Crippen molar-refractivity contribution in [2.45, 2.75) is 25.3 Å². The number of carbonyl (C=O) groups is 1. The molecule has 0 spiro atoms. The highest BCUT2D eigenvalue weighted by atomic mass is 16.2. The van der Waals surface area contributed by atoms with Gasteiger partial charge in [-0.15, -0.1) is 0 Å². The van der Waals surface area contributed by atoms with Crippen LogP contribution in [0.25, 0.3) is 0 Å². The Bertz CT molecular complexity index is 432. The summed E-state index contributed by atoms with van der Waals surface area (Å²) in [5.74, 6) is 1.11. The third-order valence-electron chi connectivity index (χ3n) is 3.74. The molecule has 2 atom stereocenters. The van der Waals surface area contributed by atoms with Crippen LogP contribution < -0.4 is 5.73 Å². The lowest BCUT2D eigenvalue weighted by Crippen LogP contribution is -2.38. The smallest absolute Gasteiger partial charge is 0.257 e. The molecule has 0 radical (unpaired) electrons. The van der Waals surface area contributed by atoms with Gasteiger partial charge < -0.3 is 10.6 Å². The first kappa shape index (κ1) is 9.63. The molecule has 0 aromatic carbocycles. The molecule has 2 N–H and O–H groups in total. The van der Waals surface area contributed by atoms with Crippen LogP contribution in [0.15, 0.2) is 18.3 Å². The predicted octanol–water partition coefficient (Wildman–Crippen LogP) is 1.29. The van der Waals surface area contributed by atoms with E-state index in [1.54, 1.807) is 18.3 Å². The van der Waals surface area contributed by atoms with Gasteiger partial charge in [0.15, 0.2) is 0 Å². The van der Waals surface area contributed by atoms with Crippen molar-refractivity contribution in [1.29, 1.82) is 0 Å². The molecule has 2 fully saturated rings. The topological polar surface area (TPSA) is 59.2 Å². The van der Waals surface area contributed by atoms with Gasteiger partial charge in [0.1, 0.15) is 5.82 Å². The second-order valence-corrected chi connectivity index (χ2v) is 4.73. The summed E-state index contributed by atoms with van der Waals surface area (Å²) in [7, 11) is 0. The van der Waals surface area contributed by atoms with Gasteiger partial charge in [-0.3, -0.25) is 4.79 Å². The number of aromatic nitrogens is 1. The standard InChI is InChI=1S/C12H15N3O/c13-11-10(2-1-5-14-11)12(16)15-7-8-3-4-9(15)6-8/h1-2,5,8-9H,3-4,6-7H2,(H2,13,14). The molecule has 1 amide bonds. The lowest BCUT2D eigenvalue weighted by Gasteiger charge is -2.27. The van der Waals surface area contributed by atoms with Crippen LogP contribution >= 0.6 is 0 Å². The zero-order valence-electron chi connectivity index (χ0n) is 9.10. The molecule has 2 bridgehead atoms. The second-order valence-electron chi connectivity index (χ2n) is 4.73. The Morgan fingerprint density at radius 1 is 1.50 bits per heavy atom. The summed E-state index contributed by atoms with van der Waals surface area (Å²) in [5, 5.41) is 0. The second kappa shape index (κ2) is 3.47. The van der Waals surface area contributed by atoms with Gasteiger partial charge in [0.05, 0.1) is 5.56 Å². The minimum absolute atomic E-state index is 0.0535. The molecule has 1 saturated heterocycles. The van der Waals surface area contributed by atoms with Crippen molar-refractivity contribution in [2.75, 3.05) is 12.3 Å². The van der Waals surface area contributed by atoms with Crippen molar-refractivity contribution in [3.8, 4) is 0 Å². The first-order chi connectivity index (χ1) is 7.75. The number of likely N-dealkylation sites (tertiary alicyclic amines) is 1. The lowest BCUT2D eigenvalue weighted by atomic mass is 10.1. The van der Waals surface area contributed by atoms with Gasteiger partial charge in [0, 0.05) is 18.8 Å². The summed E-state index contributed by atoms with van der Waals surface area (Å²) < 4.78 is 0. The first-order valence-electron chi connectivity index (χ1n) is 5.77. The van der Waals surface area contributed by atoms with Crippen LogP contribution in [0.4, 0.5) is 5.82 Å². The summed E-state index contributed by atoms with van der Waals surface area (Å²) in [6.07, 6.45) is 5.21. The highest BCUT2D eigenvalue weighted by molar-refractivity contribution is 5.98. The van der Waals surface area contributed by atoms with Crippen molar-refractivity contribution in [3.63, 3.8) is 0 Å². The molecule has 2 aliphatic rings. The molecule has 84 valence electrons. The number of nitrogen functional groups attached to an aromatic ring is 1. The molecule has 1 aromatic heterocycles. The summed E-state index contributed by atoms with van der Waals surface area (Å²) in [4.78, 5) is 18.2. The summed E-state index contributed by atoms with van der Waals surface area (Å²) in [6, 6.07) is 3.96. The fraction of sp³-hybridized carbons (Fsp3) is 0.500. The van der Waals surface area contributed by atoms with Crippen LogP contribution in [0.1, 0.15) is 29.6 Å². The number of fused-ring (bicyclic) bond motifs is 2. The van der Waals surface area contributed by atoms with Gasteiger partial charge in [-0.2, -0.15) is 0 Å². The van der Waals surface area contributed by atoms with Gasteiger partial charge in [-0.1, -0.05) is 0 Å². The quantitative estimate of drug-likeness (QED) is 0.771. The highest BCUT2D eigenvalue weighted by Gasteiger charge is 2.40. The van der Waals surface area contributed by atoms with E-state index < -0.39 is 0 Å². The van der Waals surface area contributed by atoms with Crippen LogP contribution in [0.5, 0.6) is 0 Å². The number of nitrogens with two attached hydrogens (primary N) is 1. The van der Waals surface area contributed by atoms with E-state index in [-0.39, 0.29) is 5.91 Å². The lowest BCUT2D eigenvalue weighted by molar-refractivity contribution is 0.0704. The number of amides is 1. The van der Waals surface area contributed by atoms with Crippen LogP contribution in [0.3, 0.4) is 0 Å². The van der Waals surface area contributed by atoms with Crippen molar-refractivity contribution < 1.29 is 4.79 Å². The molecule has 4 nitrogen and oxygen atoms in total. The molecule has 2 unspecified atom stereocenters. The van der Waals surface area contributed by atoms with Gasteiger partial charge in [-0.05, 0) is 37.3 Å². The Balaban J connectivity index is 1.86. The Morgan fingerprint density at radius 2 is 2.38 bits per heavy atom. The van der Waals surface area contributed by atoms with Crippen molar-refractivity contribution in [3.05, 3.63) is 23.9 Å². The zero-order valence-corrected chi connectivity index (χ0v) is 9.10. The van der Waals surface area contributed by atoms with Gasteiger partial charge in [0.25, 0.3) is 5.91 Å². The maximum absolute atomic E-state index is 12.3. The fourth-order valence-corrected chi connectivity index (χ4v) is 2.93. The first-order valence-corrected chi connectivity index (χ1v) is 5.77. The minimum atomic E-state index is 0.0535. The number of rotatable bonds is 1. The number of hydrogen-bond acceptors (Lipinski definition) is 3. The molecule has 3 rings (SSSR count). The summed E-state index contributed by atoms with van der Waals surface area (Å²) in [6.45, 7) is 0.901. The van der Waals surface area contributed by atoms with Gasteiger partial charge >= 0.3 is 0 Å². The monoisotopic (exact) mass is 217 g/mol. The van der Waals surface area contributed by atoms with Crippen molar-refractivity contribution in [1.82, 2.24) is 9.88 Å². The molecule has 1 aliphatic heterocycles. The van der Waals surface area contributed by atoms with Crippen LogP contribution in [0, 0.1) is 5.92 Å². The third kappa shape index (κ3) is 1.37. The number of nitrogens with zero attached hydrogens (tertiary/aromatic N) is 2. The zero-order chi connectivity index (χ0) is 11.1. The average Bonchev–Trinajstić information content (AvgIpc) is 2.90. The number of hydrogen-bond donors (Lipinski definition) is 1. The molecule has 1 aliphatic carbocycles. The minimum Gasteiger partial charge on any atom is -0.383 e. The third-order valence-corrected chi connectivity index (χ3v) is 3.74. The van der Waals surface area contributed by atoms with Crippen molar-refractivity contribution >= 4 is 11.7 Å². The molecule has 4 heteroatoms. The van der Waals surface area contributed by atoms with Crippen LogP contribution in [-0.4, -0.2) is 28.4 Å². The highest BCUT2D eigenvalue weighted by Crippen LogP contribution is 2.38. The molecule has 1 aromatic rings. The number of carbonyl (C=O) groups excluding carboxylic acids is 1. The van der Waals surface area contributed by atoms with E-state index in [2.05, 4.69) is 4.98 Å². The Hall–Kier alpha value is -1.58. The Kier molecular flexibility index (Phi) is 2.09. The molecular formula is C12H15N3O. The number of piperidine rings is 1. The fourth-order valence-electron chi connectivity index (χ4n) is 2.93. The largest absolute Gasteiger partial charge is 0.383 e. The van der Waals surface area contributed by atoms with E-state index in [0.717, 1.165) is 13.0 Å². The Morgan fingerprint density at radius 3 is 3.00 bits per heavy atom. The molecular weight excluding hydrogens is 202 g/mol. The average molecular weight is 217 g/mol. The number of anilines is 1. The van der Waals surface area contributed by atoms with Crippen LogP contribution in [-0.2, 0) is 0 Å². The summed E-state index contributed by atoms with van der Waals surface area (Å²) >= 11 is 0. The maximum Gasteiger partial charge on any atom is 0.257 e. The normalized spacial score (nSPS) is 27.4.